The number of piperazine rings is 2. The number of ether oxygens (including phenoxy) is 2. The van der Waals surface area contributed by atoms with E-state index in [0.717, 1.165) is 25.2 Å². The fraction of sp³-hybridized carbons (Fsp3) is 0.533. The Kier molecular flexibility index (Phi) is 9.14. The Morgan fingerprint density at radius 1 is 0.953 bits per heavy atom. The quantitative estimate of drug-likeness (QED) is 0.236. The van der Waals surface area contributed by atoms with Crippen molar-refractivity contribution in [3.63, 3.8) is 0 Å². The van der Waals surface area contributed by atoms with Crippen LogP contribution in [0.2, 0.25) is 0 Å². The van der Waals surface area contributed by atoms with Crippen molar-refractivity contribution >= 4 is 28.6 Å². The van der Waals surface area contributed by atoms with Crippen LogP contribution in [-0.2, 0) is 16.1 Å². The standard InChI is InChI=1S/C30H38F4N6O3/c1-19-15-22(16-20(2)24(19)31)18-40-23-17-21(3)27(43-28(41)30(32,33)34)26(38-11-9-37(10-12-38)13-14-42-4)25(23)36-29(40)39-7-5-35-6-8-39/h15-17,35H,5-14,18H2,1-4H3. The largest absolute Gasteiger partial charge is 0.491 e. The van der Waals surface area contributed by atoms with Gasteiger partial charge in [0.1, 0.15) is 17.0 Å². The number of fused-ring (bicyclic) bond motifs is 1. The highest BCUT2D eigenvalue weighted by Crippen LogP contribution is 2.42. The van der Waals surface area contributed by atoms with Gasteiger partial charge in [-0.05, 0) is 49.1 Å². The van der Waals surface area contributed by atoms with Gasteiger partial charge < -0.3 is 29.2 Å². The van der Waals surface area contributed by atoms with Crippen LogP contribution < -0.4 is 19.9 Å². The van der Waals surface area contributed by atoms with Gasteiger partial charge in [-0.15, -0.1) is 0 Å². The Morgan fingerprint density at radius 3 is 2.21 bits per heavy atom. The molecule has 0 radical (unpaired) electrons. The number of aryl methyl sites for hydroxylation is 3. The average molecular weight is 607 g/mol. The summed E-state index contributed by atoms with van der Waals surface area (Å²) in [6.07, 6.45) is -5.15. The molecule has 234 valence electrons. The van der Waals surface area contributed by atoms with E-state index >= 15 is 0 Å². The Bertz CT molecular complexity index is 1450. The number of nitrogens with one attached hydrogen (secondary N) is 1. The minimum atomic E-state index is -5.15. The molecule has 0 aliphatic carbocycles. The van der Waals surface area contributed by atoms with Crippen LogP contribution in [0.3, 0.4) is 0 Å². The molecular weight excluding hydrogens is 568 g/mol. The number of esters is 1. The SMILES string of the molecule is COCCN1CCN(c2c(OC(=O)C(F)(F)F)c(C)cc3c2nc(N2CCNCC2)n3Cc2cc(C)c(F)c(C)c2)CC1. The van der Waals surface area contributed by atoms with E-state index in [0.29, 0.717) is 91.8 Å². The molecule has 3 heterocycles. The third-order valence-electron chi connectivity index (χ3n) is 8.10. The third kappa shape index (κ3) is 6.58. The summed E-state index contributed by atoms with van der Waals surface area (Å²) in [7, 11) is 1.64. The van der Waals surface area contributed by atoms with Gasteiger partial charge in [-0.2, -0.15) is 13.2 Å². The number of carbonyl (C=O) groups is 1. The number of benzene rings is 2. The van der Waals surface area contributed by atoms with Gasteiger partial charge in [-0.25, -0.2) is 14.2 Å². The number of carbonyl (C=O) groups excluding carboxylic acids is 1. The summed E-state index contributed by atoms with van der Waals surface area (Å²) in [5.41, 5.74) is 3.88. The molecule has 0 amide bonds. The first kappa shape index (κ1) is 31.0. The average Bonchev–Trinajstić information content (AvgIpc) is 3.32. The van der Waals surface area contributed by atoms with E-state index in [1.165, 1.54) is 0 Å². The van der Waals surface area contributed by atoms with E-state index in [9.17, 15) is 22.4 Å². The lowest BCUT2D eigenvalue weighted by Crippen LogP contribution is -2.47. The highest BCUT2D eigenvalue weighted by atomic mass is 19.4. The zero-order valence-electron chi connectivity index (χ0n) is 25.0. The lowest BCUT2D eigenvalue weighted by Gasteiger charge is -2.36. The Hall–Kier alpha value is -3.42. The fourth-order valence-corrected chi connectivity index (χ4v) is 5.90. The molecule has 0 spiro atoms. The Balaban J connectivity index is 1.66. The molecule has 43 heavy (non-hydrogen) atoms. The van der Waals surface area contributed by atoms with Crippen molar-refractivity contribution in [2.45, 2.75) is 33.5 Å². The maximum Gasteiger partial charge on any atom is 0.491 e. The van der Waals surface area contributed by atoms with Crippen LogP contribution in [0.4, 0.5) is 29.2 Å². The number of aromatic nitrogens is 2. The first-order valence-corrected chi connectivity index (χ1v) is 14.5. The molecule has 0 unspecified atom stereocenters. The van der Waals surface area contributed by atoms with Gasteiger partial charge in [-0.3, -0.25) is 4.90 Å². The number of rotatable bonds is 8. The van der Waals surface area contributed by atoms with Gasteiger partial charge in [0.05, 0.1) is 18.7 Å². The van der Waals surface area contributed by atoms with E-state index in [4.69, 9.17) is 14.5 Å². The van der Waals surface area contributed by atoms with Crippen molar-refractivity contribution < 1.29 is 31.8 Å². The van der Waals surface area contributed by atoms with Crippen LogP contribution in [0.25, 0.3) is 11.0 Å². The first-order chi connectivity index (χ1) is 20.5. The van der Waals surface area contributed by atoms with Gasteiger partial charge in [-0.1, -0.05) is 12.1 Å². The van der Waals surface area contributed by atoms with Gasteiger partial charge >= 0.3 is 12.1 Å². The molecule has 3 aromatic rings. The molecule has 1 aromatic heterocycles. The predicted octanol–water partition coefficient (Wildman–Crippen LogP) is 3.79. The van der Waals surface area contributed by atoms with E-state index in [-0.39, 0.29) is 11.6 Å². The van der Waals surface area contributed by atoms with Crippen LogP contribution in [0.1, 0.15) is 22.3 Å². The molecule has 0 saturated carbocycles. The lowest BCUT2D eigenvalue weighted by atomic mass is 10.1. The number of alkyl halides is 3. The maximum atomic E-state index is 14.5. The molecule has 2 aliphatic rings. The van der Waals surface area contributed by atoms with Gasteiger partial charge in [0.15, 0.2) is 5.75 Å². The topological polar surface area (TPSA) is 75.1 Å². The van der Waals surface area contributed by atoms with Crippen molar-refractivity contribution in [3.05, 3.63) is 46.3 Å². The summed E-state index contributed by atoms with van der Waals surface area (Å²) >= 11 is 0. The van der Waals surface area contributed by atoms with Crippen molar-refractivity contribution in [2.75, 3.05) is 82.4 Å². The van der Waals surface area contributed by atoms with E-state index in [2.05, 4.69) is 15.1 Å². The fourth-order valence-electron chi connectivity index (χ4n) is 5.90. The smallest absolute Gasteiger partial charge is 0.417 e. The highest BCUT2D eigenvalue weighted by Gasteiger charge is 2.42. The molecule has 2 fully saturated rings. The highest BCUT2D eigenvalue weighted by molar-refractivity contribution is 5.97. The normalized spacial score (nSPS) is 16.7. The van der Waals surface area contributed by atoms with Crippen LogP contribution in [0.5, 0.6) is 5.75 Å². The van der Waals surface area contributed by atoms with Crippen molar-refractivity contribution in [1.82, 2.24) is 19.8 Å². The van der Waals surface area contributed by atoms with Crippen molar-refractivity contribution in [2.24, 2.45) is 0 Å². The molecule has 2 saturated heterocycles. The van der Waals surface area contributed by atoms with Crippen LogP contribution in [-0.4, -0.2) is 99.2 Å². The van der Waals surface area contributed by atoms with E-state index < -0.39 is 12.1 Å². The summed E-state index contributed by atoms with van der Waals surface area (Å²) < 4.78 is 67.0. The van der Waals surface area contributed by atoms with Crippen LogP contribution in [0, 0.1) is 26.6 Å². The Morgan fingerprint density at radius 2 is 1.60 bits per heavy atom. The minimum absolute atomic E-state index is 0.134. The molecule has 2 aromatic carbocycles. The third-order valence-corrected chi connectivity index (χ3v) is 8.10. The van der Waals surface area contributed by atoms with E-state index in [1.54, 1.807) is 33.9 Å². The minimum Gasteiger partial charge on any atom is -0.417 e. The van der Waals surface area contributed by atoms with Crippen molar-refractivity contribution in [3.8, 4) is 5.75 Å². The van der Waals surface area contributed by atoms with E-state index in [1.807, 2.05) is 21.6 Å². The summed E-state index contributed by atoms with van der Waals surface area (Å²) in [5, 5.41) is 3.34. The number of hydrogen-bond acceptors (Lipinski definition) is 8. The van der Waals surface area contributed by atoms with Crippen LogP contribution in [0.15, 0.2) is 18.2 Å². The molecule has 0 atom stereocenters. The molecule has 5 rings (SSSR count). The second-order valence-corrected chi connectivity index (χ2v) is 11.2. The summed E-state index contributed by atoms with van der Waals surface area (Å²) in [5.74, 6) is -1.99. The number of methoxy groups -OCH3 is 1. The van der Waals surface area contributed by atoms with Crippen LogP contribution >= 0.6 is 0 Å². The van der Waals surface area contributed by atoms with Gasteiger partial charge in [0, 0.05) is 66.0 Å². The molecule has 1 N–H and O–H groups in total. The number of hydrogen-bond donors (Lipinski definition) is 1. The lowest BCUT2D eigenvalue weighted by molar-refractivity contribution is -0.189. The first-order valence-electron chi connectivity index (χ1n) is 14.5. The summed E-state index contributed by atoms with van der Waals surface area (Å²) in [6.45, 7) is 12.0. The number of anilines is 2. The molecular formula is C30H38F4N6O3. The van der Waals surface area contributed by atoms with Gasteiger partial charge in [0.2, 0.25) is 5.95 Å². The second-order valence-electron chi connectivity index (χ2n) is 11.2. The predicted molar refractivity (Wildman–Crippen MR) is 157 cm³/mol. The molecule has 9 nitrogen and oxygen atoms in total. The number of imidazole rings is 1. The second kappa shape index (κ2) is 12.7. The molecule has 0 bridgehead atoms. The zero-order valence-corrected chi connectivity index (χ0v) is 25.0. The molecule has 13 heteroatoms. The van der Waals surface area contributed by atoms with Gasteiger partial charge in [0.25, 0.3) is 0 Å². The number of halogens is 4. The summed E-state index contributed by atoms with van der Waals surface area (Å²) in [6, 6.07) is 5.35. The zero-order chi connectivity index (χ0) is 30.9. The Labute approximate surface area is 248 Å². The summed E-state index contributed by atoms with van der Waals surface area (Å²) in [4.78, 5) is 23.5. The molecule has 2 aliphatic heterocycles. The monoisotopic (exact) mass is 606 g/mol. The number of nitrogens with zero attached hydrogens (tertiary/aromatic N) is 5. The van der Waals surface area contributed by atoms with Crippen molar-refractivity contribution in [1.29, 1.82) is 0 Å². The maximum absolute atomic E-state index is 14.5.